The third-order valence-corrected chi connectivity index (χ3v) is 5.44. The molecule has 1 aromatic heterocycles. The molecule has 0 bridgehead atoms. The predicted molar refractivity (Wildman–Crippen MR) is 99.7 cm³/mol. The van der Waals surface area contributed by atoms with Crippen molar-refractivity contribution in [1.29, 1.82) is 0 Å². The fourth-order valence-electron chi connectivity index (χ4n) is 3.83. The maximum Gasteiger partial charge on any atom is 0.225 e. The van der Waals surface area contributed by atoms with Gasteiger partial charge < -0.3 is 19.5 Å². The Labute approximate surface area is 156 Å². The van der Waals surface area contributed by atoms with Crippen LogP contribution < -0.4 is 5.32 Å². The molecular formula is C18H31ClN4O2. The highest BCUT2D eigenvalue weighted by molar-refractivity contribution is 5.85. The van der Waals surface area contributed by atoms with Crippen LogP contribution in [0.1, 0.15) is 45.4 Å². The van der Waals surface area contributed by atoms with Crippen LogP contribution in [-0.2, 0) is 23.1 Å². The second kappa shape index (κ2) is 8.52. The molecular weight excluding hydrogens is 340 g/mol. The number of amides is 1. The first-order chi connectivity index (χ1) is 11.5. The Kier molecular flexibility index (Phi) is 6.88. The molecule has 3 rings (SSSR count). The van der Waals surface area contributed by atoms with Crippen molar-refractivity contribution in [1.82, 2.24) is 19.8 Å². The van der Waals surface area contributed by atoms with Crippen LogP contribution in [0.25, 0.3) is 0 Å². The number of nitrogens with zero attached hydrogens (tertiary/aromatic N) is 3. The SMILES string of the molecule is CC(C)OCCC(=O)N(Cc1nccn1C)C1CC12CCNCC2.Cl. The van der Waals surface area contributed by atoms with E-state index in [9.17, 15) is 4.79 Å². The van der Waals surface area contributed by atoms with E-state index in [1.165, 1.54) is 12.8 Å². The Hall–Kier alpha value is -1.11. The molecule has 2 heterocycles. The summed E-state index contributed by atoms with van der Waals surface area (Å²) in [5, 5.41) is 3.43. The number of halogens is 1. The zero-order valence-electron chi connectivity index (χ0n) is 15.5. The number of carbonyl (C=O) groups excluding carboxylic acids is 1. The van der Waals surface area contributed by atoms with Crippen LogP contribution in [0.15, 0.2) is 12.4 Å². The lowest BCUT2D eigenvalue weighted by Crippen LogP contribution is -2.40. The van der Waals surface area contributed by atoms with E-state index < -0.39 is 0 Å². The molecule has 1 amide bonds. The number of aryl methyl sites for hydroxylation is 1. The molecule has 1 N–H and O–H groups in total. The van der Waals surface area contributed by atoms with Gasteiger partial charge in [-0.15, -0.1) is 12.4 Å². The number of hydrogen-bond donors (Lipinski definition) is 1. The van der Waals surface area contributed by atoms with Crippen molar-refractivity contribution in [2.45, 2.75) is 58.2 Å². The van der Waals surface area contributed by atoms with Gasteiger partial charge in [-0.1, -0.05) is 0 Å². The van der Waals surface area contributed by atoms with Crippen LogP contribution in [-0.4, -0.2) is 52.2 Å². The quantitative estimate of drug-likeness (QED) is 0.798. The van der Waals surface area contributed by atoms with Crippen LogP contribution >= 0.6 is 12.4 Å². The van der Waals surface area contributed by atoms with Crippen molar-refractivity contribution in [3.8, 4) is 0 Å². The molecule has 1 aliphatic carbocycles. The van der Waals surface area contributed by atoms with Crippen molar-refractivity contribution in [3.63, 3.8) is 0 Å². The van der Waals surface area contributed by atoms with E-state index in [1.807, 2.05) is 31.7 Å². The number of imidazole rings is 1. The molecule has 1 aromatic rings. The Morgan fingerprint density at radius 3 is 2.80 bits per heavy atom. The molecule has 1 aliphatic heterocycles. The molecule has 1 atom stereocenters. The lowest BCUT2D eigenvalue weighted by molar-refractivity contribution is -0.134. The average molecular weight is 371 g/mol. The third kappa shape index (κ3) is 4.74. The molecule has 2 fully saturated rings. The molecule has 1 saturated carbocycles. The van der Waals surface area contributed by atoms with Crippen LogP contribution in [0.5, 0.6) is 0 Å². The lowest BCUT2D eigenvalue weighted by Gasteiger charge is -2.29. The highest BCUT2D eigenvalue weighted by Gasteiger charge is 2.57. The van der Waals surface area contributed by atoms with Gasteiger partial charge in [-0.2, -0.15) is 0 Å². The molecule has 2 aliphatic rings. The minimum Gasteiger partial charge on any atom is -0.378 e. The summed E-state index contributed by atoms with van der Waals surface area (Å²) in [5.74, 6) is 1.14. The highest BCUT2D eigenvalue weighted by Crippen LogP contribution is 2.56. The Morgan fingerprint density at radius 2 is 2.20 bits per heavy atom. The maximum absolute atomic E-state index is 12.9. The normalized spacial score (nSPS) is 21.2. The summed E-state index contributed by atoms with van der Waals surface area (Å²) in [6.07, 6.45) is 7.83. The van der Waals surface area contributed by atoms with E-state index in [2.05, 4.69) is 15.2 Å². The number of ether oxygens (including phenoxy) is 1. The molecule has 1 unspecified atom stereocenters. The second-order valence-electron chi connectivity index (χ2n) is 7.48. The number of hydrogen-bond acceptors (Lipinski definition) is 4. The molecule has 0 radical (unpaired) electrons. The number of aromatic nitrogens is 2. The van der Waals surface area contributed by atoms with Gasteiger partial charge in [0.15, 0.2) is 0 Å². The summed E-state index contributed by atoms with van der Waals surface area (Å²) in [6, 6.07) is 0.364. The van der Waals surface area contributed by atoms with Gasteiger partial charge >= 0.3 is 0 Å². The smallest absolute Gasteiger partial charge is 0.225 e. The van der Waals surface area contributed by atoms with E-state index in [0.717, 1.165) is 25.3 Å². The van der Waals surface area contributed by atoms with Gasteiger partial charge in [0.2, 0.25) is 5.91 Å². The summed E-state index contributed by atoms with van der Waals surface area (Å²) in [4.78, 5) is 19.3. The number of carbonyl (C=O) groups is 1. The molecule has 0 aromatic carbocycles. The van der Waals surface area contributed by atoms with Crippen molar-refractivity contribution in [2.75, 3.05) is 19.7 Å². The molecule has 7 heteroatoms. The fourth-order valence-corrected chi connectivity index (χ4v) is 3.83. The largest absolute Gasteiger partial charge is 0.378 e. The van der Waals surface area contributed by atoms with Crippen molar-refractivity contribution < 1.29 is 9.53 Å². The molecule has 6 nitrogen and oxygen atoms in total. The fraction of sp³-hybridized carbons (Fsp3) is 0.778. The van der Waals surface area contributed by atoms with Crippen molar-refractivity contribution >= 4 is 18.3 Å². The molecule has 1 spiro atoms. The van der Waals surface area contributed by atoms with Gasteiger partial charge in [-0.25, -0.2) is 4.98 Å². The summed E-state index contributed by atoms with van der Waals surface area (Å²) in [6.45, 7) is 7.23. The predicted octanol–water partition coefficient (Wildman–Crippen LogP) is 2.13. The monoisotopic (exact) mass is 370 g/mol. The summed E-state index contributed by atoms with van der Waals surface area (Å²) in [7, 11) is 1.99. The van der Waals surface area contributed by atoms with Crippen molar-refractivity contribution in [2.24, 2.45) is 12.5 Å². The first kappa shape index (κ1) is 20.2. The van der Waals surface area contributed by atoms with Gasteiger partial charge in [-0.05, 0) is 51.6 Å². The standard InChI is InChI=1S/C18H30N4O2.ClH/c1-14(2)24-11-4-17(23)22(13-16-20-9-10-21(16)3)15-12-18(15)5-7-19-8-6-18;/h9-10,14-15,19H,4-8,11-13H2,1-3H3;1H. The topological polar surface area (TPSA) is 59.4 Å². The van der Waals surface area contributed by atoms with Crippen LogP contribution in [0.3, 0.4) is 0 Å². The van der Waals surface area contributed by atoms with E-state index in [-0.39, 0.29) is 24.4 Å². The summed E-state index contributed by atoms with van der Waals surface area (Å²) in [5.41, 5.74) is 0.338. The third-order valence-electron chi connectivity index (χ3n) is 5.44. The first-order valence-corrected chi connectivity index (χ1v) is 9.10. The average Bonchev–Trinajstić information content (AvgIpc) is 3.05. The van der Waals surface area contributed by atoms with Crippen molar-refractivity contribution in [3.05, 3.63) is 18.2 Å². The van der Waals surface area contributed by atoms with Gasteiger partial charge in [0, 0.05) is 25.5 Å². The number of nitrogens with one attached hydrogen (secondary N) is 1. The minimum absolute atomic E-state index is 0. The minimum atomic E-state index is 0. The van der Waals surface area contributed by atoms with E-state index >= 15 is 0 Å². The van der Waals surface area contributed by atoms with Gasteiger partial charge in [0.1, 0.15) is 5.82 Å². The van der Waals surface area contributed by atoms with Crippen LogP contribution in [0.4, 0.5) is 0 Å². The highest BCUT2D eigenvalue weighted by atomic mass is 35.5. The number of piperidine rings is 1. The molecule has 25 heavy (non-hydrogen) atoms. The molecule has 142 valence electrons. The first-order valence-electron chi connectivity index (χ1n) is 9.10. The second-order valence-corrected chi connectivity index (χ2v) is 7.48. The zero-order valence-corrected chi connectivity index (χ0v) is 16.3. The number of rotatable bonds is 7. The van der Waals surface area contributed by atoms with Crippen LogP contribution in [0.2, 0.25) is 0 Å². The zero-order chi connectivity index (χ0) is 17.2. The summed E-state index contributed by atoms with van der Waals surface area (Å²) < 4.78 is 7.58. The van der Waals surface area contributed by atoms with E-state index in [4.69, 9.17) is 4.74 Å². The Balaban J connectivity index is 0.00000225. The lowest BCUT2D eigenvalue weighted by atomic mass is 9.93. The van der Waals surface area contributed by atoms with Crippen LogP contribution in [0, 0.1) is 5.41 Å². The van der Waals surface area contributed by atoms with Gasteiger partial charge in [0.05, 0.1) is 25.7 Å². The Bertz CT molecular complexity index is 569. The summed E-state index contributed by atoms with van der Waals surface area (Å²) >= 11 is 0. The molecule has 1 saturated heterocycles. The Morgan fingerprint density at radius 1 is 1.48 bits per heavy atom. The van der Waals surface area contributed by atoms with E-state index in [1.54, 1.807) is 6.20 Å². The van der Waals surface area contributed by atoms with Gasteiger partial charge in [0.25, 0.3) is 0 Å². The van der Waals surface area contributed by atoms with E-state index in [0.29, 0.717) is 31.0 Å². The van der Waals surface area contributed by atoms with Gasteiger partial charge in [-0.3, -0.25) is 4.79 Å². The maximum atomic E-state index is 12.9.